The zero-order valence-electron chi connectivity index (χ0n) is 20.7. The molecule has 1 aliphatic heterocycles. The summed E-state index contributed by atoms with van der Waals surface area (Å²) < 4.78 is 17.6. The standard InChI is InChI=1S/C26H31BrI2N3O3/c1-16-6-7-32-21(13-19-14-31(8-9-34-19)25(33)35-26(3,4)5)24(30-22(32)10-16)23-17(2)11-18(27)12-20(23)29-15-28/h6-7,10-12,19H,8-9,13-15H2,1-5H3/q+1/t19-/m0/s1. The van der Waals surface area contributed by atoms with E-state index in [1.165, 1.54) is 20.3 Å². The summed E-state index contributed by atoms with van der Waals surface area (Å²) in [5.41, 5.74) is 6.22. The lowest BCUT2D eigenvalue weighted by Crippen LogP contribution is -3.62. The molecule has 0 saturated carbocycles. The van der Waals surface area contributed by atoms with Crippen molar-refractivity contribution in [2.75, 3.05) is 22.1 Å². The summed E-state index contributed by atoms with van der Waals surface area (Å²) in [5, 5.41) is 0. The second kappa shape index (κ2) is 11.2. The molecule has 1 aliphatic rings. The highest BCUT2D eigenvalue weighted by molar-refractivity contribution is 14.1. The molecule has 1 saturated heterocycles. The molecule has 3 heterocycles. The van der Waals surface area contributed by atoms with Crippen molar-refractivity contribution >= 4 is 50.3 Å². The Morgan fingerprint density at radius 3 is 2.80 bits per heavy atom. The summed E-state index contributed by atoms with van der Waals surface area (Å²) in [6.45, 7) is 11.5. The Kier molecular flexibility index (Phi) is 8.70. The van der Waals surface area contributed by atoms with Crippen LogP contribution in [0.5, 0.6) is 0 Å². The molecule has 3 aromatic rings. The van der Waals surface area contributed by atoms with Gasteiger partial charge in [-0.3, -0.25) is 0 Å². The van der Waals surface area contributed by atoms with Crippen LogP contribution in [0.4, 0.5) is 4.79 Å². The van der Waals surface area contributed by atoms with Gasteiger partial charge in [0.1, 0.15) is 11.2 Å². The number of fused-ring (bicyclic) bond motifs is 1. The molecular formula is C26H31BrI2N3O3+. The fourth-order valence-electron chi connectivity index (χ4n) is 4.31. The Bertz CT molecular complexity index is 1240. The molecule has 1 fully saturated rings. The topological polar surface area (TPSA) is 56.1 Å². The van der Waals surface area contributed by atoms with Crippen molar-refractivity contribution in [2.24, 2.45) is 0 Å². The summed E-state index contributed by atoms with van der Waals surface area (Å²) >= 11 is 6.03. The quantitative estimate of drug-likeness (QED) is 0.296. The molecule has 4 rings (SSSR count). The Hall–Kier alpha value is -0.920. The minimum atomic E-state index is -0.519. The van der Waals surface area contributed by atoms with Crippen LogP contribution in [0.1, 0.15) is 37.6 Å². The number of nitrogens with zero attached hydrogens (tertiary/aromatic N) is 3. The van der Waals surface area contributed by atoms with Crippen LogP contribution in [0, 0.1) is 17.4 Å². The predicted molar refractivity (Wildman–Crippen MR) is 147 cm³/mol. The maximum atomic E-state index is 12.7. The second-order valence-electron chi connectivity index (χ2n) is 9.78. The third-order valence-corrected chi connectivity index (χ3v) is 10.1. The first-order chi connectivity index (χ1) is 16.6. The number of halogens is 3. The average molecular weight is 767 g/mol. The summed E-state index contributed by atoms with van der Waals surface area (Å²) in [6, 6.07) is 8.68. The molecule has 0 spiro atoms. The zero-order valence-corrected chi connectivity index (χ0v) is 26.6. The molecule has 1 amide bonds. The Balaban J connectivity index is 1.73. The van der Waals surface area contributed by atoms with Gasteiger partial charge in [0.05, 0.1) is 36.2 Å². The largest absolute Gasteiger partial charge is 0.444 e. The molecule has 2 aromatic heterocycles. The smallest absolute Gasteiger partial charge is 0.410 e. The van der Waals surface area contributed by atoms with Crippen molar-refractivity contribution in [3.8, 4) is 11.3 Å². The number of carbonyl (C=O) groups excluding carboxylic acids is 1. The predicted octanol–water partition coefficient (Wildman–Crippen LogP) is 3.21. The van der Waals surface area contributed by atoms with E-state index >= 15 is 0 Å². The molecule has 0 aliphatic carbocycles. The van der Waals surface area contributed by atoms with Crippen molar-refractivity contribution in [1.82, 2.24) is 14.3 Å². The first-order valence-electron chi connectivity index (χ1n) is 11.6. The molecule has 1 aromatic carbocycles. The lowest BCUT2D eigenvalue weighted by atomic mass is 10.0. The van der Waals surface area contributed by atoms with Crippen molar-refractivity contribution in [3.63, 3.8) is 0 Å². The van der Waals surface area contributed by atoms with E-state index in [4.69, 9.17) is 14.5 Å². The summed E-state index contributed by atoms with van der Waals surface area (Å²) in [7, 11) is 0. The molecule has 0 unspecified atom stereocenters. The van der Waals surface area contributed by atoms with E-state index in [9.17, 15) is 4.79 Å². The van der Waals surface area contributed by atoms with E-state index in [0.717, 1.165) is 23.9 Å². The second-order valence-corrected chi connectivity index (χ2v) is 17.1. The van der Waals surface area contributed by atoms with Gasteiger partial charge in [-0.2, -0.15) is 0 Å². The Morgan fingerprint density at radius 2 is 2.09 bits per heavy atom. The normalized spacial score (nSPS) is 16.7. The number of amides is 1. The van der Waals surface area contributed by atoms with Crippen LogP contribution in [0.3, 0.4) is 0 Å². The van der Waals surface area contributed by atoms with Gasteiger partial charge in [-0.15, -0.1) is 0 Å². The maximum Gasteiger partial charge on any atom is 0.410 e. The molecule has 35 heavy (non-hydrogen) atoms. The maximum absolute atomic E-state index is 12.7. The molecule has 0 bridgehead atoms. The number of pyridine rings is 1. The van der Waals surface area contributed by atoms with E-state index in [2.05, 4.69) is 87.2 Å². The number of morpholine rings is 1. The highest BCUT2D eigenvalue weighted by Crippen LogP contribution is 2.31. The van der Waals surface area contributed by atoms with Crippen LogP contribution in [-0.2, 0) is 15.9 Å². The fourth-order valence-corrected chi connectivity index (χ4v) is 9.32. The third kappa shape index (κ3) is 6.51. The number of alkyl halides is 2. The van der Waals surface area contributed by atoms with Gasteiger partial charge in [-0.25, -0.2) is 9.78 Å². The van der Waals surface area contributed by atoms with Crippen molar-refractivity contribution in [3.05, 3.63) is 55.3 Å². The Labute approximate surface area is 239 Å². The van der Waals surface area contributed by atoms with E-state index in [0.29, 0.717) is 26.1 Å². The first-order valence-corrected chi connectivity index (χ1v) is 16.5. The van der Waals surface area contributed by atoms with Gasteiger partial charge in [0.25, 0.3) is 0 Å². The van der Waals surface area contributed by atoms with Crippen LogP contribution in [0.15, 0.2) is 34.9 Å². The van der Waals surface area contributed by atoms with Gasteiger partial charge in [0.15, 0.2) is 6.00 Å². The average Bonchev–Trinajstić information content (AvgIpc) is 3.09. The lowest BCUT2D eigenvalue weighted by Gasteiger charge is -2.34. The SMILES string of the molecule is Cc1ccn2c(C[C@H]3CN(C(=O)OC(C)(C)C)CCO3)c(-c3c(C)cc(Br)cc3[I+]CI)nc2c1. The zero-order chi connectivity index (χ0) is 25.3. The number of ether oxygens (including phenoxy) is 2. The van der Waals surface area contributed by atoms with Crippen LogP contribution >= 0.6 is 38.5 Å². The summed E-state index contributed by atoms with van der Waals surface area (Å²) in [4.78, 5) is 19.6. The van der Waals surface area contributed by atoms with Gasteiger partial charge >= 0.3 is 27.3 Å². The van der Waals surface area contributed by atoms with Gasteiger partial charge in [0.2, 0.25) is 0 Å². The molecule has 1 atom stereocenters. The van der Waals surface area contributed by atoms with Crippen LogP contribution in [0.25, 0.3) is 16.9 Å². The van der Waals surface area contributed by atoms with Crippen LogP contribution < -0.4 is 21.2 Å². The van der Waals surface area contributed by atoms with Gasteiger partial charge in [0, 0.05) is 29.7 Å². The highest BCUT2D eigenvalue weighted by atomic mass is 127. The van der Waals surface area contributed by atoms with E-state index in [1.807, 2.05) is 20.8 Å². The Morgan fingerprint density at radius 1 is 1.31 bits per heavy atom. The number of hydrogen-bond donors (Lipinski definition) is 0. The van der Waals surface area contributed by atoms with Gasteiger partial charge in [-0.05, 0) is 86.5 Å². The number of benzene rings is 1. The summed E-state index contributed by atoms with van der Waals surface area (Å²) in [5.74, 6) is 0. The van der Waals surface area contributed by atoms with Crippen molar-refractivity contribution in [1.29, 1.82) is 0 Å². The minimum Gasteiger partial charge on any atom is -0.444 e. The number of carbonyl (C=O) groups is 1. The molecule has 0 N–H and O–H groups in total. The number of aryl methyl sites for hydroxylation is 2. The molecule has 9 heteroatoms. The number of rotatable bonds is 5. The first kappa shape index (κ1) is 27.1. The number of imidazole rings is 1. The van der Waals surface area contributed by atoms with E-state index in [-0.39, 0.29) is 33.4 Å². The van der Waals surface area contributed by atoms with Crippen molar-refractivity contribution < 1.29 is 35.5 Å². The molecule has 6 nitrogen and oxygen atoms in total. The van der Waals surface area contributed by atoms with Crippen LogP contribution in [0.2, 0.25) is 0 Å². The summed E-state index contributed by atoms with van der Waals surface area (Å²) in [6.07, 6.45) is 2.36. The van der Waals surface area contributed by atoms with Gasteiger partial charge < -0.3 is 18.8 Å². The highest BCUT2D eigenvalue weighted by Gasteiger charge is 2.31. The van der Waals surface area contributed by atoms with Crippen molar-refractivity contribution in [2.45, 2.75) is 52.7 Å². The minimum absolute atomic E-state index is 0.130. The third-order valence-electron chi connectivity index (χ3n) is 5.78. The number of hydrogen-bond acceptors (Lipinski definition) is 4. The fraction of sp³-hybridized carbons (Fsp3) is 0.462. The monoisotopic (exact) mass is 766 g/mol. The van der Waals surface area contributed by atoms with Gasteiger partial charge in [-0.1, -0.05) is 15.9 Å². The molecular weight excluding hydrogens is 736 g/mol. The lowest BCUT2D eigenvalue weighted by molar-refractivity contribution is -0.601. The molecule has 188 valence electrons. The molecule has 0 radical (unpaired) electrons. The number of aromatic nitrogens is 2. The van der Waals surface area contributed by atoms with E-state index < -0.39 is 5.60 Å². The van der Waals surface area contributed by atoms with Crippen LogP contribution in [-0.4, -0.2) is 54.2 Å². The van der Waals surface area contributed by atoms with E-state index in [1.54, 1.807) is 4.90 Å².